The van der Waals surface area contributed by atoms with Gasteiger partial charge in [-0.1, -0.05) is 18.2 Å². The lowest BCUT2D eigenvalue weighted by Gasteiger charge is -2.30. The zero-order valence-corrected chi connectivity index (χ0v) is 13.2. The molecule has 0 aliphatic carbocycles. The van der Waals surface area contributed by atoms with Crippen molar-refractivity contribution in [1.29, 1.82) is 0 Å². The Balaban J connectivity index is 0.00000161. The van der Waals surface area contributed by atoms with Crippen LogP contribution in [0.4, 0.5) is 0 Å². The van der Waals surface area contributed by atoms with Gasteiger partial charge in [0, 0.05) is 30.1 Å². The first kappa shape index (κ1) is 15.9. The Morgan fingerprint density at radius 1 is 1.38 bits per heavy atom. The van der Waals surface area contributed by atoms with Crippen LogP contribution in [-0.4, -0.2) is 29.9 Å². The summed E-state index contributed by atoms with van der Waals surface area (Å²) in [6, 6.07) is 6.07. The maximum atomic E-state index is 12.6. The van der Waals surface area contributed by atoms with E-state index in [0.717, 1.165) is 41.5 Å². The van der Waals surface area contributed by atoms with Crippen LogP contribution in [0.1, 0.15) is 34.5 Å². The van der Waals surface area contributed by atoms with Crippen LogP contribution in [-0.2, 0) is 0 Å². The van der Waals surface area contributed by atoms with E-state index in [1.54, 1.807) is 0 Å². The van der Waals surface area contributed by atoms with Crippen LogP contribution in [0, 0.1) is 13.8 Å². The molecular weight excluding hydrogens is 288 g/mol. The molecule has 3 rings (SSSR count). The van der Waals surface area contributed by atoms with Gasteiger partial charge < -0.3 is 15.1 Å². The van der Waals surface area contributed by atoms with Gasteiger partial charge in [0.15, 0.2) is 5.76 Å². The lowest BCUT2D eigenvalue weighted by Crippen LogP contribution is -2.45. The average molecular weight is 309 g/mol. The number of hydrogen-bond donors (Lipinski definition) is 1. The number of rotatable bonds is 1. The summed E-state index contributed by atoms with van der Waals surface area (Å²) in [5, 5.41) is 1.02. The van der Waals surface area contributed by atoms with Crippen LogP contribution < -0.4 is 5.73 Å². The molecule has 0 spiro atoms. The summed E-state index contributed by atoms with van der Waals surface area (Å²) in [7, 11) is 0. The smallest absolute Gasteiger partial charge is 0.289 e. The molecule has 1 unspecified atom stereocenters. The number of fused-ring (bicyclic) bond motifs is 1. The molecule has 21 heavy (non-hydrogen) atoms. The molecule has 1 aliphatic heterocycles. The SMILES string of the molecule is Cc1c(C(=O)N2CCCC(N)C2)oc2c(C)cccc12.Cl. The predicted molar refractivity (Wildman–Crippen MR) is 86.0 cm³/mol. The van der Waals surface area contributed by atoms with Crippen molar-refractivity contribution in [3.63, 3.8) is 0 Å². The van der Waals surface area contributed by atoms with E-state index in [9.17, 15) is 4.79 Å². The Morgan fingerprint density at radius 3 is 2.81 bits per heavy atom. The second kappa shape index (κ2) is 6.08. The largest absolute Gasteiger partial charge is 0.450 e. The molecule has 0 bridgehead atoms. The molecule has 1 amide bonds. The summed E-state index contributed by atoms with van der Waals surface area (Å²) in [5.74, 6) is 0.427. The summed E-state index contributed by atoms with van der Waals surface area (Å²) < 4.78 is 5.85. The van der Waals surface area contributed by atoms with Gasteiger partial charge in [-0.3, -0.25) is 4.79 Å². The summed E-state index contributed by atoms with van der Waals surface area (Å²) in [4.78, 5) is 14.4. The number of nitrogens with zero attached hydrogens (tertiary/aromatic N) is 1. The van der Waals surface area contributed by atoms with Gasteiger partial charge >= 0.3 is 0 Å². The van der Waals surface area contributed by atoms with Crippen molar-refractivity contribution in [2.75, 3.05) is 13.1 Å². The molecule has 1 aromatic heterocycles. The minimum atomic E-state index is -0.0340. The molecule has 114 valence electrons. The number of piperidine rings is 1. The van der Waals surface area contributed by atoms with E-state index in [0.29, 0.717) is 12.3 Å². The van der Waals surface area contributed by atoms with Gasteiger partial charge in [-0.25, -0.2) is 0 Å². The van der Waals surface area contributed by atoms with Gasteiger partial charge in [0.25, 0.3) is 5.91 Å². The summed E-state index contributed by atoms with van der Waals surface area (Å²) in [5.41, 5.74) is 8.75. The molecule has 1 saturated heterocycles. The Bertz CT molecular complexity index is 666. The highest BCUT2D eigenvalue weighted by atomic mass is 35.5. The lowest BCUT2D eigenvalue weighted by atomic mass is 10.1. The summed E-state index contributed by atoms with van der Waals surface area (Å²) in [6.45, 7) is 5.33. The normalized spacial score (nSPS) is 18.6. The summed E-state index contributed by atoms with van der Waals surface area (Å²) >= 11 is 0. The molecule has 1 aliphatic rings. The molecule has 5 heteroatoms. The van der Waals surface area contributed by atoms with E-state index < -0.39 is 0 Å². The highest BCUT2D eigenvalue weighted by Gasteiger charge is 2.27. The van der Waals surface area contributed by atoms with Crippen LogP contribution in [0.15, 0.2) is 22.6 Å². The van der Waals surface area contributed by atoms with Crippen LogP contribution in [0.2, 0.25) is 0 Å². The molecule has 1 fully saturated rings. The number of hydrogen-bond acceptors (Lipinski definition) is 3. The lowest BCUT2D eigenvalue weighted by molar-refractivity contribution is 0.0678. The number of carbonyl (C=O) groups is 1. The minimum Gasteiger partial charge on any atom is -0.450 e. The predicted octanol–water partition coefficient (Wildman–Crippen LogP) is 3.03. The Morgan fingerprint density at radius 2 is 2.14 bits per heavy atom. The number of amides is 1. The third kappa shape index (κ3) is 2.78. The number of carbonyl (C=O) groups excluding carboxylic acids is 1. The minimum absolute atomic E-state index is 0. The molecule has 1 aromatic carbocycles. The van der Waals surface area contributed by atoms with Crippen molar-refractivity contribution in [2.24, 2.45) is 5.73 Å². The number of furan rings is 1. The molecule has 1 atom stereocenters. The molecule has 0 radical (unpaired) electrons. The van der Waals surface area contributed by atoms with Gasteiger partial charge in [-0.2, -0.15) is 0 Å². The standard InChI is InChI=1S/C16H20N2O2.ClH/c1-10-5-3-7-13-11(2)15(20-14(10)13)16(19)18-8-4-6-12(17)9-18;/h3,5,7,12H,4,6,8-9,17H2,1-2H3;1H. The van der Waals surface area contributed by atoms with Crippen molar-refractivity contribution in [3.8, 4) is 0 Å². The zero-order chi connectivity index (χ0) is 14.3. The number of para-hydroxylation sites is 1. The van der Waals surface area contributed by atoms with E-state index in [2.05, 4.69) is 0 Å². The van der Waals surface area contributed by atoms with Crippen molar-refractivity contribution < 1.29 is 9.21 Å². The quantitative estimate of drug-likeness (QED) is 0.881. The van der Waals surface area contributed by atoms with Gasteiger partial charge in [-0.05, 0) is 32.3 Å². The molecule has 4 nitrogen and oxygen atoms in total. The zero-order valence-electron chi connectivity index (χ0n) is 12.4. The molecule has 0 saturated carbocycles. The molecule has 2 aromatic rings. The third-order valence-corrected chi connectivity index (χ3v) is 4.10. The van der Waals surface area contributed by atoms with Gasteiger partial charge in [0.05, 0.1) is 0 Å². The Labute approximate surface area is 130 Å². The first-order valence-corrected chi connectivity index (χ1v) is 7.11. The number of halogens is 1. The number of benzene rings is 1. The van der Waals surface area contributed by atoms with Crippen LogP contribution in [0.25, 0.3) is 11.0 Å². The van der Waals surface area contributed by atoms with E-state index >= 15 is 0 Å². The highest BCUT2D eigenvalue weighted by molar-refractivity contribution is 5.99. The van der Waals surface area contributed by atoms with Crippen LogP contribution in [0.3, 0.4) is 0 Å². The first-order valence-electron chi connectivity index (χ1n) is 7.11. The molecule has 2 heterocycles. The second-order valence-electron chi connectivity index (χ2n) is 5.66. The topological polar surface area (TPSA) is 59.5 Å². The number of likely N-dealkylation sites (tertiary alicyclic amines) is 1. The molecular formula is C16H21ClN2O2. The van der Waals surface area contributed by atoms with Crippen molar-refractivity contribution in [1.82, 2.24) is 4.90 Å². The first-order chi connectivity index (χ1) is 9.58. The third-order valence-electron chi connectivity index (χ3n) is 4.10. The van der Waals surface area contributed by atoms with E-state index in [-0.39, 0.29) is 24.4 Å². The fourth-order valence-electron chi connectivity index (χ4n) is 2.93. The van der Waals surface area contributed by atoms with Crippen molar-refractivity contribution >= 4 is 29.3 Å². The van der Waals surface area contributed by atoms with Gasteiger partial charge in [0.2, 0.25) is 0 Å². The Kier molecular flexibility index (Phi) is 4.59. The number of aryl methyl sites for hydroxylation is 2. The summed E-state index contributed by atoms with van der Waals surface area (Å²) in [6.07, 6.45) is 1.95. The van der Waals surface area contributed by atoms with Gasteiger partial charge in [-0.15, -0.1) is 12.4 Å². The average Bonchev–Trinajstić information content (AvgIpc) is 2.77. The van der Waals surface area contributed by atoms with E-state index in [1.165, 1.54) is 0 Å². The Hall–Kier alpha value is -1.52. The second-order valence-corrected chi connectivity index (χ2v) is 5.66. The fourth-order valence-corrected chi connectivity index (χ4v) is 2.93. The van der Waals surface area contributed by atoms with E-state index in [1.807, 2.05) is 36.9 Å². The van der Waals surface area contributed by atoms with Crippen LogP contribution >= 0.6 is 12.4 Å². The fraction of sp³-hybridized carbons (Fsp3) is 0.438. The highest BCUT2D eigenvalue weighted by Crippen LogP contribution is 2.29. The van der Waals surface area contributed by atoms with Crippen molar-refractivity contribution in [2.45, 2.75) is 32.7 Å². The monoisotopic (exact) mass is 308 g/mol. The maximum Gasteiger partial charge on any atom is 0.289 e. The maximum absolute atomic E-state index is 12.6. The van der Waals surface area contributed by atoms with E-state index in [4.69, 9.17) is 10.2 Å². The van der Waals surface area contributed by atoms with Crippen molar-refractivity contribution in [3.05, 3.63) is 35.1 Å². The number of nitrogens with two attached hydrogens (primary N) is 1. The van der Waals surface area contributed by atoms with Crippen LogP contribution in [0.5, 0.6) is 0 Å². The molecule has 2 N–H and O–H groups in total. The van der Waals surface area contributed by atoms with Gasteiger partial charge in [0.1, 0.15) is 5.58 Å².